The molecule has 1 aliphatic heterocycles. The van der Waals surface area contributed by atoms with Crippen molar-refractivity contribution in [3.63, 3.8) is 0 Å². The lowest BCUT2D eigenvalue weighted by Gasteiger charge is -2.28. The van der Waals surface area contributed by atoms with Gasteiger partial charge in [-0.2, -0.15) is 0 Å². The van der Waals surface area contributed by atoms with Gasteiger partial charge in [0.15, 0.2) is 0 Å². The summed E-state index contributed by atoms with van der Waals surface area (Å²) in [5.74, 6) is -1.34. The average Bonchev–Trinajstić information content (AvgIpc) is 2.05. The van der Waals surface area contributed by atoms with Gasteiger partial charge in [-0.05, 0) is 0 Å². The number of carboxylic acid groups (broad SMARTS) is 1. The smallest absolute Gasteiger partial charge is 0.342 e. The molecule has 1 aliphatic rings. The second-order valence-electron chi connectivity index (χ2n) is 3.33. The van der Waals surface area contributed by atoms with Crippen molar-refractivity contribution in [2.75, 3.05) is 13.1 Å². The Kier molecular flexibility index (Phi) is 2.16. The van der Waals surface area contributed by atoms with Crippen molar-refractivity contribution in [2.24, 2.45) is 0 Å². The number of H-pyrrole nitrogens is 1. The van der Waals surface area contributed by atoms with E-state index in [4.69, 9.17) is 5.11 Å². The molecule has 0 saturated carbocycles. The molecule has 1 saturated heterocycles. The van der Waals surface area contributed by atoms with Gasteiger partial charge >= 0.3 is 11.7 Å². The SMILES string of the molecule is O=C(O)c1cn(C2CNC2)c(=O)[nH]c1=O. The van der Waals surface area contributed by atoms with Gasteiger partial charge in [-0.25, -0.2) is 9.59 Å². The van der Waals surface area contributed by atoms with Crippen LogP contribution in [0.5, 0.6) is 0 Å². The minimum atomic E-state index is -1.34. The molecule has 1 aromatic rings. The number of carboxylic acids is 1. The Hall–Kier alpha value is -1.89. The summed E-state index contributed by atoms with van der Waals surface area (Å²) in [6.07, 6.45) is 1.09. The Balaban J connectivity index is 2.55. The molecular weight excluding hydrogens is 202 g/mol. The fraction of sp³-hybridized carbons (Fsp3) is 0.375. The third kappa shape index (κ3) is 1.57. The highest BCUT2D eigenvalue weighted by Gasteiger charge is 2.22. The third-order valence-corrected chi connectivity index (χ3v) is 2.35. The van der Waals surface area contributed by atoms with E-state index in [9.17, 15) is 14.4 Å². The van der Waals surface area contributed by atoms with Gasteiger partial charge in [-0.3, -0.25) is 14.3 Å². The molecule has 7 heteroatoms. The van der Waals surface area contributed by atoms with Gasteiger partial charge in [0.25, 0.3) is 5.56 Å². The topological polar surface area (TPSA) is 104 Å². The zero-order valence-electron chi connectivity index (χ0n) is 7.69. The lowest BCUT2D eigenvalue weighted by atomic mass is 10.2. The molecule has 3 N–H and O–H groups in total. The molecule has 2 heterocycles. The van der Waals surface area contributed by atoms with Crippen LogP contribution in [0.15, 0.2) is 15.8 Å². The monoisotopic (exact) mass is 211 g/mol. The predicted octanol–water partition coefficient (Wildman–Crippen LogP) is -1.62. The summed E-state index contributed by atoms with van der Waals surface area (Å²) in [6, 6.07) is -0.0764. The maximum Gasteiger partial charge on any atom is 0.342 e. The van der Waals surface area contributed by atoms with E-state index >= 15 is 0 Å². The number of aromatic nitrogens is 2. The average molecular weight is 211 g/mol. The minimum absolute atomic E-state index is 0.0764. The fourth-order valence-electron chi connectivity index (χ4n) is 1.38. The zero-order valence-corrected chi connectivity index (χ0v) is 7.69. The number of nitrogens with zero attached hydrogens (tertiary/aromatic N) is 1. The standard InChI is InChI=1S/C8H9N3O4/c12-6-5(7(13)14)3-11(8(15)10-6)4-1-9-2-4/h3-4,9H,1-2H2,(H,13,14)(H,10,12,15). The van der Waals surface area contributed by atoms with Gasteiger partial charge in [-0.1, -0.05) is 0 Å². The first-order valence-electron chi connectivity index (χ1n) is 4.39. The maximum absolute atomic E-state index is 11.3. The second kappa shape index (κ2) is 3.35. The summed E-state index contributed by atoms with van der Waals surface area (Å²) in [6.45, 7) is 1.20. The summed E-state index contributed by atoms with van der Waals surface area (Å²) in [5, 5.41) is 11.7. The van der Waals surface area contributed by atoms with Crippen LogP contribution in [-0.4, -0.2) is 33.7 Å². The van der Waals surface area contributed by atoms with Crippen molar-refractivity contribution in [1.82, 2.24) is 14.9 Å². The van der Waals surface area contributed by atoms with E-state index in [-0.39, 0.29) is 6.04 Å². The van der Waals surface area contributed by atoms with E-state index in [0.717, 1.165) is 6.20 Å². The molecule has 15 heavy (non-hydrogen) atoms. The van der Waals surface area contributed by atoms with Gasteiger partial charge < -0.3 is 10.4 Å². The van der Waals surface area contributed by atoms with E-state index in [1.807, 2.05) is 4.98 Å². The van der Waals surface area contributed by atoms with Crippen molar-refractivity contribution in [3.8, 4) is 0 Å². The number of hydrogen-bond acceptors (Lipinski definition) is 4. The summed E-state index contributed by atoms with van der Waals surface area (Å²) >= 11 is 0. The molecule has 0 bridgehead atoms. The first-order chi connectivity index (χ1) is 7.09. The van der Waals surface area contributed by atoms with Gasteiger partial charge in [0.2, 0.25) is 0 Å². The first kappa shape index (κ1) is 9.66. The van der Waals surface area contributed by atoms with E-state index in [2.05, 4.69) is 5.32 Å². The number of aromatic amines is 1. The minimum Gasteiger partial charge on any atom is -0.477 e. The highest BCUT2D eigenvalue weighted by molar-refractivity contribution is 5.86. The Morgan fingerprint density at radius 3 is 2.60 bits per heavy atom. The van der Waals surface area contributed by atoms with Crippen molar-refractivity contribution in [1.29, 1.82) is 0 Å². The number of rotatable bonds is 2. The Morgan fingerprint density at radius 2 is 2.13 bits per heavy atom. The van der Waals surface area contributed by atoms with E-state index in [1.165, 1.54) is 4.57 Å². The van der Waals surface area contributed by atoms with Crippen LogP contribution in [0, 0.1) is 0 Å². The molecule has 0 aromatic carbocycles. The molecular formula is C8H9N3O4. The van der Waals surface area contributed by atoms with Crippen molar-refractivity contribution < 1.29 is 9.90 Å². The Morgan fingerprint density at radius 1 is 1.47 bits per heavy atom. The number of nitrogens with one attached hydrogen (secondary N) is 2. The highest BCUT2D eigenvalue weighted by Crippen LogP contribution is 2.07. The molecule has 0 unspecified atom stereocenters. The summed E-state index contributed by atoms with van der Waals surface area (Å²) < 4.78 is 1.24. The van der Waals surface area contributed by atoms with Crippen LogP contribution in [0.2, 0.25) is 0 Å². The van der Waals surface area contributed by atoms with E-state index < -0.39 is 22.8 Å². The summed E-state index contributed by atoms with van der Waals surface area (Å²) in [7, 11) is 0. The van der Waals surface area contributed by atoms with Crippen LogP contribution < -0.4 is 16.6 Å². The van der Waals surface area contributed by atoms with Crippen molar-refractivity contribution in [3.05, 3.63) is 32.6 Å². The zero-order chi connectivity index (χ0) is 11.0. The van der Waals surface area contributed by atoms with Crippen molar-refractivity contribution in [2.45, 2.75) is 6.04 Å². The number of carbonyl (C=O) groups is 1. The molecule has 0 amide bonds. The van der Waals surface area contributed by atoms with Crippen LogP contribution >= 0.6 is 0 Å². The normalized spacial score (nSPS) is 16.0. The number of aromatic carboxylic acids is 1. The Bertz CT molecular complexity index is 511. The van der Waals surface area contributed by atoms with Crippen LogP contribution in [0.25, 0.3) is 0 Å². The first-order valence-corrected chi connectivity index (χ1v) is 4.39. The molecule has 80 valence electrons. The van der Waals surface area contributed by atoms with E-state index in [1.54, 1.807) is 0 Å². The maximum atomic E-state index is 11.3. The lowest BCUT2D eigenvalue weighted by Crippen LogP contribution is -2.48. The molecule has 0 radical (unpaired) electrons. The predicted molar refractivity (Wildman–Crippen MR) is 50.2 cm³/mol. The van der Waals surface area contributed by atoms with Crippen LogP contribution in [0.1, 0.15) is 16.4 Å². The largest absolute Gasteiger partial charge is 0.477 e. The van der Waals surface area contributed by atoms with Gasteiger partial charge in [0.1, 0.15) is 5.56 Å². The Labute approximate surface area is 83.4 Å². The quantitative estimate of drug-likeness (QED) is 0.545. The molecule has 2 rings (SSSR count). The van der Waals surface area contributed by atoms with Gasteiger partial charge in [0, 0.05) is 19.3 Å². The third-order valence-electron chi connectivity index (χ3n) is 2.35. The molecule has 0 atom stereocenters. The van der Waals surface area contributed by atoms with Gasteiger partial charge in [0.05, 0.1) is 6.04 Å². The molecule has 0 spiro atoms. The molecule has 1 aromatic heterocycles. The fourth-order valence-corrected chi connectivity index (χ4v) is 1.38. The van der Waals surface area contributed by atoms with Crippen LogP contribution in [-0.2, 0) is 0 Å². The highest BCUT2D eigenvalue weighted by atomic mass is 16.4. The molecule has 0 aliphatic carbocycles. The van der Waals surface area contributed by atoms with Crippen LogP contribution in [0.3, 0.4) is 0 Å². The molecule has 7 nitrogen and oxygen atoms in total. The van der Waals surface area contributed by atoms with Crippen molar-refractivity contribution >= 4 is 5.97 Å². The summed E-state index contributed by atoms with van der Waals surface area (Å²) in [4.78, 5) is 35.1. The lowest BCUT2D eigenvalue weighted by molar-refractivity contribution is 0.0693. The summed E-state index contributed by atoms with van der Waals surface area (Å²) in [5.41, 5.74) is -1.85. The van der Waals surface area contributed by atoms with Gasteiger partial charge in [-0.15, -0.1) is 0 Å². The second-order valence-corrected chi connectivity index (χ2v) is 3.33. The molecule has 1 fully saturated rings. The van der Waals surface area contributed by atoms with E-state index in [0.29, 0.717) is 13.1 Å². The van der Waals surface area contributed by atoms with Crippen LogP contribution in [0.4, 0.5) is 0 Å². The number of hydrogen-bond donors (Lipinski definition) is 3.